The Kier molecular flexibility index (Phi) is 10.9. The molecule has 0 radical (unpaired) electrons. The van der Waals surface area contributed by atoms with Gasteiger partial charge in [-0.25, -0.2) is 0 Å². The smallest absolute Gasteiger partial charge is 0.240 e. The summed E-state index contributed by atoms with van der Waals surface area (Å²) in [6, 6.07) is 1.00. The van der Waals surface area contributed by atoms with Crippen LogP contribution in [-0.4, -0.2) is 41.5 Å². The van der Waals surface area contributed by atoms with Gasteiger partial charge in [0.15, 0.2) is 0 Å². The van der Waals surface area contributed by atoms with Crippen molar-refractivity contribution in [3.05, 3.63) is 0 Å². The summed E-state index contributed by atoms with van der Waals surface area (Å²) in [7, 11) is 0. The van der Waals surface area contributed by atoms with E-state index >= 15 is 0 Å². The molecule has 1 rings (SSSR count). The van der Waals surface area contributed by atoms with E-state index in [2.05, 4.69) is 37.9 Å². The summed E-state index contributed by atoms with van der Waals surface area (Å²) in [5, 5.41) is 3.00. The van der Waals surface area contributed by atoms with Crippen molar-refractivity contribution in [2.45, 2.75) is 71.0 Å². The zero-order valence-corrected chi connectivity index (χ0v) is 14.8. The SMILES string of the molecule is CC(C)N(CCNC(=O)C1(N)CCCC1)C(C)C.Cl.Cl. The molecule has 1 aliphatic rings. The van der Waals surface area contributed by atoms with Crippen LogP contribution in [0.2, 0.25) is 0 Å². The van der Waals surface area contributed by atoms with Crippen LogP contribution in [0.3, 0.4) is 0 Å². The third-order valence-electron chi connectivity index (χ3n) is 3.93. The van der Waals surface area contributed by atoms with Crippen LogP contribution < -0.4 is 11.1 Å². The average molecular weight is 328 g/mol. The Morgan fingerprint density at radius 1 is 1.15 bits per heavy atom. The van der Waals surface area contributed by atoms with Crippen LogP contribution in [0.4, 0.5) is 0 Å². The molecule has 1 aliphatic carbocycles. The first-order chi connectivity index (χ1) is 8.37. The lowest BCUT2D eigenvalue weighted by molar-refractivity contribution is -0.126. The number of hydrogen-bond acceptors (Lipinski definition) is 3. The van der Waals surface area contributed by atoms with Gasteiger partial charge in [-0.1, -0.05) is 12.8 Å². The number of nitrogens with zero attached hydrogens (tertiary/aromatic N) is 1. The first-order valence-electron chi connectivity index (χ1n) is 7.20. The van der Waals surface area contributed by atoms with Crippen molar-refractivity contribution in [3.63, 3.8) is 0 Å². The van der Waals surface area contributed by atoms with Gasteiger partial charge in [-0.05, 0) is 40.5 Å². The maximum absolute atomic E-state index is 12.0. The molecule has 20 heavy (non-hydrogen) atoms. The molecule has 6 heteroatoms. The molecular weight excluding hydrogens is 297 g/mol. The maximum atomic E-state index is 12.0. The molecular formula is C14H31Cl2N3O. The normalized spacial score (nSPS) is 17.0. The molecule has 3 N–H and O–H groups in total. The molecule has 0 aromatic rings. The summed E-state index contributed by atoms with van der Waals surface area (Å²) in [6.45, 7) is 10.3. The topological polar surface area (TPSA) is 58.4 Å². The zero-order valence-electron chi connectivity index (χ0n) is 13.1. The minimum atomic E-state index is -0.597. The monoisotopic (exact) mass is 327 g/mol. The first-order valence-corrected chi connectivity index (χ1v) is 7.20. The molecule has 0 saturated heterocycles. The van der Waals surface area contributed by atoms with E-state index in [1.807, 2.05) is 0 Å². The largest absolute Gasteiger partial charge is 0.353 e. The van der Waals surface area contributed by atoms with Crippen LogP contribution in [0, 0.1) is 0 Å². The fraction of sp³-hybridized carbons (Fsp3) is 0.929. The number of halogens is 2. The lowest BCUT2D eigenvalue weighted by atomic mass is 9.98. The van der Waals surface area contributed by atoms with Crippen LogP contribution in [0.5, 0.6) is 0 Å². The van der Waals surface area contributed by atoms with Gasteiger partial charge in [0.25, 0.3) is 0 Å². The Bertz CT molecular complexity index is 272. The highest BCUT2D eigenvalue weighted by molar-refractivity contribution is 5.86. The third kappa shape index (κ3) is 6.17. The summed E-state index contributed by atoms with van der Waals surface area (Å²) in [6.07, 6.45) is 3.82. The van der Waals surface area contributed by atoms with Gasteiger partial charge in [0, 0.05) is 25.2 Å². The van der Waals surface area contributed by atoms with Gasteiger partial charge in [0.2, 0.25) is 5.91 Å². The van der Waals surface area contributed by atoms with Gasteiger partial charge in [0.1, 0.15) is 0 Å². The Hall–Kier alpha value is -0.0300. The van der Waals surface area contributed by atoms with E-state index in [1.54, 1.807) is 0 Å². The molecule has 0 heterocycles. The Labute approximate surface area is 136 Å². The summed E-state index contributed by atoms with van der Waals surface area (Å²) in [5.41, 5.74) is 5.52. The van der Waals surface area contributed by atoms with Crippen molar-refractivity contribution >= 4 is 30.7 Å². The number of nitrogens with two attached hydrogens (primary N) is 1. The van der Waals surface area contributed by atoms with E-state index in [4.69, 9.17) is 5.73 Å². The maximum Gasteiger partial charge on any atom is 0.240 e. The van der Waals surface area contributed by atoms with Crippen molar-refractivity contribution in [2.75, 3.05) is 13.1 Å². The highest BCUT2D eigenvalue weighted by Gasteiger charge is 2.36. The number of hydrogen-bond donors (Lipinski definition) is 2. The zero-order chi connectivity index (χ0) is 13.8. The van der Waals surface area contributed by atoms with Crippen molar-refractivity contribution < 1.29 is 4.79 Å². The lowest BCUT2D eigenvalue weighted by Crippen LogP contribution is -2.53. The summed E-state index contributed by atoms with van der Waals surface area (Å²) in [4.78, 5) is 14.4. The van der Waals surface area contributed by atoms with E-state index in [0.717, 1.165) is 32.2 Å². The summed E-state index contributed by atoms with van der Waals surface area (Å²) >= 11 is 0. The van der Waals surface area contributed by atoms with Crippen molar-refractivity contribution in [1.29, 1.82) is 0 Å². The van der Waals surface area contributed by atoms with Crippen LogP contribution in [0.15, 0.2) is 0 Å². The van der Waals surface area contributed by atoms with Crippen molar-refractivity contribution in [2.24, 2.45) is 5.73 Å². The first kappa shape index (κ1) is 22.3. The molecule has 0 aliphatic heterocycles. The van der Waals surface area contributed by atoms with E-state index in [0.29, 0.717) is 18.6 Å². The molecule has 0 bridgehead atoms. The van der Waals surface area contributed by atoms with Crippen LogP contribution in [0.25, 0.3) is 0 Å². The second-order valence-corrected chi connectivity index (χ2v) is 6.04. The molecule has 0 unspecified atom stereocenters. The average Bonchev–Trinajstić information content (AvgIpc) is 2.71. The minimum absolute atomic E-state index is 0. The molecule has 0 aromatic carbocycles. The fourth-order valence-corrected chi connectivity index (χ4v) is 2.82. The number of rotatable bonds is 6. The van der Waals surface area contributed by atoms with Gasteiger partial charge in [-0.15, -0.1) is 24.8 Å². The molecule has 0 spiro atoms. The second-order valence-electron chi connectivity index (χ2n) is 6.04. The quantitative estimate of drug-likeness (QED) is 0.787. The van der Waals surface area contributed by atoms with E-state index in [-0.39, 0.29) is 30.7 Å². The molecule has 0 aromatic heterocycles. The molecule has 1 amide bonds. The Morgan fingerprint density at radius 2 is 1.60 bits per heavy atom. The number of amides is 1. The molecule has 0 atom stereocenters. The predicted molar refractivity (Wildman–Crippen MR) is 89.9 cm³/mol. The number of nitrogens with one attached hydrogen (secondary N) is 1. The Balaban J connectivity index is 0. The highest BCUT2D eigenvalue weighted by atomic mass is 35.5. The number of carbonyl (C=O) groups excluding carboxylic acids is 1. The van der Waals surface area contributed by atoms with Crippen molar-refractivity contribution in [1.82, 2.24) is 10.2 Å². The minimum Gasteiger partial charge on any atom is -0.353 e. The van der Waals surface area contributed by atoms with Crippen LogP contribution in [-0.2, 0) is 4.79 Å². The van der Waals surface area contributed by atoms with Crippen LogP contribution in [0.1, 0.15) is 53.4 Å². The van der Waals surface area contributed by atoms with Crippen molar-refractivity contribution in [3.8, 4) is 0 Å². The second kappa shape index (κ2) is 9.82. The number of carbonyl (C=O) groups is 1. The molecule has 122 valence electrons. The molecule has 4 nitrogen and oxygen atoms in total. The van der Waals surface area contributed by atoms with Gasteiger partial charge < -0.3 is 11.1 Å². The van der Waals surface area contributed by atoms with Gasteiger partial charge >= 0.3 is 0 Å². The predicted octanol–water partition coefficient (Wildman–Crippen LogP) is 2.34. The summed E-state index contributed by atoms with van der Waals surface area (Å²) < 4.78 is 0. The highest BCUT2D eigenvalue weighted by Crippen LogP contribution is 2.27. The molecule has 1 fully saturated rings. The fourth-order valence-electron chi connectivity index (χ4n) is 2.82. The standard InChI is InChI=1S/C14H29N3O.2ClH/c1-11(2)17(12(3)4)10-9-16-13(18)14(15)7-5-6-8-14;;/h11-12H,5-10,15H2,1-4H3,(H,16,18);2*1H. The van der Waals surface area contributed by atoms with Gasteiger partial charge in [0.05, 0.1) is 5.54 Å². The Morgan fingerprint density at radius 3 is 2.00 bits per heavy atom. The summed E-state index contributed by atoms with van der Waals surface area (Å²) in [5.74, 6) is 0.0347. The van der Waals surface area contributed by atoms with Gasteiger partial charge in [-0.2, -0.15) is 0 Å². The van der Waals surface area contributed by atoms with E-state index < -0.39 is 5.54 Å². The van der Waals surface area contributed by atoms with Gasteiger partial charge in [-0.3, -0.25) is 9.69 Å². The van der Waals surface area contributed by atoms with E-state index in [1.165, 1.54) is 0 Å². The van der Waals surface area contributed by atoms with E-state index in [9.17, 15) is 4.79 Å². The van der Waals surface area contributed by atoms with Crippen LogP contribution >= 0.6 is 24.8 Å². The lowest BCUT2D eigenvalue weighted by Gasteiger charge is -2.31. The third-order valence-corrected chi connectivity index (χ3v) is 3.93. The molecule has 1 saturated carbocycles.